The number of nitrogens with zero attached hydrogens (tertiary/aromatic N) is 3. The topological polar surface area (TPSA) is 59.8 Å². The first-order chi connectivity index (χ1) is 10.6. The maximum Gasteiger partial charge on any atom is 0.255 e. The summed E-state index contributed by atoms with van der Waals surface area (Å²) in [5.74, 6) is -0.114. The van der Waals surface area contributed by atoms with Crippen molar-refractivity contribution in [3.63, 3.8) is 0 Å². The molecule has 1 aromatic heterocycles. The molecule has 2 aromatic carbocycles. The highest BCUT2D eigenvalue weighted by Crippen LogP contribution is 2.15. The summed E-state index contributed by atoms with van der Waals surface area (Å²) in [4.78, 5) is 16.2. The van der Waals surface area contributed by atoms with Gasteiger partial charge in [0, 0.05) is 11.3 Å². The van der Waals surface area contributed by atoms with Crippen molar-refractivity contribution in [2.24, 2.45) is 0 Å². The van der Waals surface area contributed by atoms with Gasteiger partial charge in [-0.25, -0.2) is 9.67 Å². The Hall–Kier alpha value is -2.95. The van der Waals surface area contributed by atoms with Crippen LogP contribution in [0.3, 0.4) is 0 Å². The number of benzene rings is 2. The molecule has 5 heteroatoms. The van der Waals surface area contributed by atoms with Gasteiger partial charge in [0.15, 0.2) is 0 Å². The summed E-state index contributed by atoms with van der Waals surface area (Å²) < 4.78 is 1.66. The number of carbonyl (C=O) groups excluding carboxylic acids is 1. The standard InChI is InChI=1S/C17H16N4O/c1-12-3-4-14(9-13(12)2)17(22)20-15-5-7-16(8-6-15)21-11-18-10-19-21/h3-11H,1-2H3,(H,20,22). The zero-order valence-corrected chi connectivity index (χ0v) is 12.4. The predicted molar refractivity (Wildman–Crippen MR) is 85.2 cm³/mol. The molecule has 0 spiro atoms. The third kappa shape index (κ3) is 2.88. The molecule has 0 aliphatic heterocycles. The van der Waals surface area contributed by atoms with Gasteiger partial charge in [-0.15, -0.1) is 0 Å². The maximum absolute atomic E-state index is 12.3. The van der Waals surface area contributed by atoms with Crippen molar-refractivity contribution < 1.29 is 4.79 Å². The fourth-order valence-electron chi connectivity index (χ4n) is 2.12. The molecule has 5 nitrogen and oxygen atoms in total. The monoisotopic (exact) mass is 292 g/mol. The largest absolute Gasteiger partial charge is 0.322 e. The molecule has 0 bridgehead atoms. The lowest BCUT2D eigenvalue weighted by Gasteiger charge is -2.08. The summed E-state index contributed by atoms with van der Waals surface area (Å²) >= 11 is 0. The van der Waals surface area contributed by atoms with Crippen molar-refractivity contribution in [1.82, 2.24) is 14.8 Å². The summed E-state index contributed by atoms with van der Waals surface area (Å²) in [5.41, 5.74) is 4.57. The minimum atomic E-state index is -0.114. The van der Waals surface area contributed by atoms with Gasteiger partial charge >= 0.3 is 0 Å². The van der Waals surface area contributed by atoms with E-state index in [9.17, 15) is 4.79 Å². The molecule has 1 amide bonds. The minimum absolute atomic E-state index is 0.114. The molecule has 0 radical (unpaired) electrons. The summed E-state index contributed by atoms with van der Waals surface area (Å²) in [6, 6.07) is 13.1. The number of anilines is 1. The van der Waals surface area contributed by atoms with Crippen LogP contribution in [0.1, 0.15) is 21.5 Å². The normalized spacial score (nSPS) is 10.5. The fraction of sp³-hybridized carbons (Fsp3) is 0.118. The molecule has 0 atom stereocenters. The molecule has 3 rings (SSSR count). The van der Waals surface area contributed by atoms with Gasteiger partial charge in [-0.2, -0.15) is 5.10 Å². The molecule has 0 saturated carbocycles. The average Bonchev–Trinajstić information content (AvgIpc) is 3.05. The quantitative estimate of drug-likeness (QED) is 0.806. The number of hydrogen-bond donors (Lipinski definition) is 1. The summed E-state index contributed by atoms with van der Waals surface area (Å²) in [7, 11) is 0. The third-order valence-electron chi connectivity index (χ3n) is 3.58. The number of hydrogen-bond acceptors (Lipinski definition) is 3. The molecule has 0 aliphatic carbocycles. The van der Waals surface area contributed by atoms with Crippen LogP contribution < -0.4 is 5.32 Å². The van der Waals surface area contributed by atoms with Crippen LogP contribution in [0.15, 0.2) is 55.1 Å². The van der Waals surface area contributed by atoms with Crippen molar-refractivity contribution in [2.75, 3.05) is 5.32 Å². The van der Waals surface area contributed by atoms with Crippen molar-refractivity contribution in [3.05, 3.63) is 71.8 Å². The third-order valence-corrected chi connectivity index (χ3v) is 3.58. The molecule has 110 valence electrons. The zero-order chi connectivity index (χ0) is 15.5. The van der Waals surface area contributed by atoms with Crippen LogP contribution in [0.25, 0.3) is 5.69 Å². The van der Waals surface area contributed by atoms with Crippen molar-refractivity contribution in [3.8, 4) is 5.69 Å². The van der Waals surface area contributed by atoms with Crippen LogP contribution in [0.5, 0.6) is 0 Å². The van der Waals surface area contributed by atoms with E-state index in [2.05, 4.69) is 15.4 Å². The van der Waals surface area contributed by atoms with E-state index in [1.165, 1.54) is 11.9 Å². The Morgan fingerprint density at radius 2 is 1.82 bits per heavy atom. The Labute approximate surface area is 128 Å². The molecule has 0 unspecified atom stereocenters. The molecule has 3 aromatic rings. The highest BCUT2D eigenvalue weighted by atomic mass is 16.1. The van der Waals surface area contributed by atoms with E-state index in [1.807, 2.05) is 56.3 Å². The number of amides is 1. The van der Waals surface area contributed by atoms with E-state index >= 15 is 0 Å². The first-order valence-corrected chi connectivity index (χ1v) is 6.97. The van der Waals surface area contributed by atoms with Gasteiger partial charge in [0.2, 0.25) is 0 Å². The van der Waals surface area contributed by atoms with E-state index in [1.54, 1.807) is 11.0 Å². The highest BCUT2D eigenvalue weighted by molar-refractivity contribution is 6.04. The minimum Gasteiger partial charge on any atom is -0.322 e. The number of nitrogens with one attached hydrogen (secondary N) is 1. The van der Waals surface area contributed by atoms with Crippen molar-refractivity contribution in [2.45, 2.75) is 13.8 Å². The second-order valence-electron chi connectivity index (χ2n) is 5.14. The fourth-order valence-corrected chi connectivity index (χ4v) is 2.12. The second-order valence-corrected chi connectivity index (χ2v) is 5.14. The molecule has 22 heavy (non-hydrogen) atoms. The lowest BCUT2D eigenvalue weighted by Crippen LogP contribution is -2.12. The average molecular weight is 292 g/mol. The van der Waals surface area contributed by atoms with E-state index in [4.69, 9.17) is 0 Å². The van der Waals surface area contributed by atoms with Gasteiger partial charge in [0.25, 0.3) is 5.91 Å². The molecule has 0 aliphatic rings. The van der Waals surface area contributed by atoms with Gasteiger partial charge in [-0.1, -0.05) is 6.07 Å². The number of carbonyl (C=O) groups is 1. The summed E-state index contributed by atoms with van der Waals surface area (Å²) in [6.07, 6.45) is 3.11. The number of aryl methyl sites for hydroxylation is 2. The summed E-state index contributed by atoms with van der Waals surface area (Å²) in [6.45, 7) is 4.03. The maximum atomic E-state index is 12.3. The van der Waals surface area contributed by atoms with E-state index in [-0.39, 0.29) is 5.91 Å². The van der Waals surface area contributed by atoms with Gasteiger partial charge < -0.3 is 5.32 Å². The van der Waals surface area contributed by atoms with Crippen molar-refractivity contribution in [1.29, 1.82) is 0 Å². The first-order valence-electron chi connectivity index (χ1n) is 6.97. The molecule has 0 saturated heterocycles. The smallest absolute Gasteiger partial charge is 0.255 e. The van der Waals surface area contributed by atoms with E-state index < -0.39 is 0 Å². The Morgan fingerprint density at radius 3 is 2.45 bits per heavy atom. The lowest BCUT2D eigenvalue weighted by atomic mass is 10.1. The van der Waals surface area contributed by atoms with Gasteiger partial charge in [-0.3, -0.25) is 4.79 Å². The Balaban J connectivity index is 1.75. The van der Waals surface area contributed by atoms with Crippen molar-refractivity contribution >= 4 is 11.6 Å². The van der Waals surface area contributed by atoms with Crippen LogP contribution >= 0.6 is 0 Å². The SMILES string of the molecule is Cc1ccc(C(=O)Nc2ccc(-n3cncn3)cc2)cc1C. The van der Waals surface area contributed by atoms with E-state index in [0.29, 0.717) is 5.56 Å². The number of rotatable bonds is 3. The highest BCUT2D eigenvalue weighted by Gasteiger charge is 2.07. The molecular weight excluding hydrogens is 276 g/mol. The second kappa shape index (κ2) is 5.81. The van der Waals surface area contributed by atoms with Gasteiger partial charge in [0.05, 0.1) is 5.69 Å². The Morgan fingerprint density at radius 1 is 1.05 bits per heavy atom. The van der Waals surface area contributed by atoms with Crippen LogP contribution in [-0.4, -0.2) is 20.7 Å². The van der Waals surface area contributed by atoms with Crippen LogP contribution in [-0.2, 0) is 0 Å². The van der Waals surface area contributed by atoms with Gasteiger partial charge in [0.1, 0.15) is 12.7 Å². The first kappa shape index (κ1) is 14.0. The van der Waals surface area contributed by atoms with Gasteiger partial charge in [-0.05, 0) is 61.4 Å². The predicted octanol–water partition coefficient (Wildman–Crippen LogP) is 3.14. The Kier molecular flexibility index (Phi) is 3.70. The lowest BCUT2D eigenvalue weighted by molar-refractivity contribution is 0.102. The summed E-state index contributed by atoms with van der Waals surface area (Å²) in [5, 5.41) is 6.95. The zero-order valence-electron chi connectivity index (χ0n) is 12.4. The molecule has 1 heterocycles. The van der Waals surface area contributed by atoms with Crippen LogP contribution in [0.4, 0.5) is 5.69 Å². The number of aromatic nitrogens is 3. The molecular formula is C17H16N4O. The van der Waals surface area contributed by atoms with E-state index in [0.717, 1.165) is 16.9 Å². The molecule has 1 N–H and O–H groups in total. The Bertz CT molecular complexity index is 792. The molecule has 0 fully saturated rings. The van der Waals surface area contributed by atoms with Crippen LogP contribution in [0, 0.1) is 13.8 Å². The van der Waals surface area contributed by atoms with Crippen LogP contribution in [0.2, 0.25) is 0 Å².